The monoisotopic (exact) mass is 254 g/mol. The van der Waals surface area contributed by atoms with Crippen LogP contribution < -0.4 is 10.6 Å². The maximum absolute atomic E-state index is 5.17. The van der Waals surface area contributed by atoms with Crippen LogP contribution in [0.25, 0.3) is 0 Å². The van der Waals surface area contributed by atoms with Crippen LogP contribution in [0.2, 0.25) is 0 Å². The van der Waals surface area contributed by atoms with Crippen LogP contribution in [-0.2, 0) is 17.7 Å². The minimum Gasteiger partial charge on any atom is -0.383 e. The van der Waals surface area contributed by atoms with Crippen molar-refractivity contribution in [1.29, 1.82) is 0 Å². The Kier molecular flexibility index (Phi) is 6.86. The molecular formula is C12H22N4O2. The standard InChI is InChI=1S/C12H22N4O2/c1-4-10-8-11(18-16-10)9-15-12(13-5-2)14-6-7-17-3/h8H,4-7,9H2,1-3H3,(H2,13,14,15). The maximum atomic E-state index is 5.17. The lowest BCUT2D eigenvalue weighted by Gasteiger charge is -2.09. The molecule has 0 atom stereocenters. The second-order valence-corrected chi connectivity index (χ2v) is 3.75. The van der Waals surface area contributed by atoms with E-state index in [1.807, 2.05) is 19.9 Å². The maximum Gasteiger partial charge on any atom is 0.191 e. The lowest BCUT2D eigenvalue weighted by molar-refractivity contribution is 0.203. The van der Waals surface area contributed by atoms with E-state index in [4.69, 9.17) is 9.26 Å². The highest BCUT2D eigenvalue weighted by atomic mass is 16.5. The second-order valence-electron chi connectivity index (χ2n) is 3.75. The summed E-state index contributed by atoms with van der Waals surface area (Å²) >= 11 is 0. The summed E-state index contributed by atoms with van der Waals surface area (Å²) in [6, 6.07) is 1.93. The van der Waals surface area contributed by atoms with E-state index >= 15 is 0 Å². The van der Waals surface area contributed by atoms with Crippen LogP contribution in [0, 0.1) is 0 Å². The van der Waals surface area contributed by atoms with Crippen molar-refractivity contribution < 1.29 is 9.26 Å². The van der Waals surface area contributed by atoms with Gasteiger partial charge in [0.2, 0.25) is 0 Å². The smallest absolute Gasteiger partial charge is 0.191 e. The molecule has 0 radical (unpaired) electrons. The zero-order chi connectivity index (χ0) is 13.2. The van der Waals surface area contributed by atoms with E-state index in [2.05, 4.69) is 20.8 Å². The number of hydrogen-bond donors (Lipinski definition) is 2. The van der Waals surface area contributed by atoms with Crippen molar-refractivity contribution in [2.45, 2.75) is 26.8 Å². The molecule has 0 amide bonds. The zero-order valence-corrected chi connectivity index (χ0v) is 11.3. The van der Waals surface area contributed by atoms with E-state index in [1.54, 1.807) is 7.11 Å². The molecule has 0 aliphatic heterocycles. The summed E-state index contributed by atoms with van der Waals surface area (Å²) in [7, 11) is 1.67. The fraction of sp³-hybridized carbons (Fsp3) is 0.667. The Hall–Kier alpha value is -1.56. The van der Waals surface area contributed by atoms with Crippen LogP contribution in [0.5, 0.6) is 0 Å². The minimum absolute atomic E-state index is 0.481. The average Bonchev–Trinajstić information content (AvgIpc) is 2.84. The molecule has 0 saturated carbocycles. The van der Waals surface area contributed by atoms with Gasteiger partial charge in [-0.1, -0.05) is 12.1 Å². The third kappa shape index (κ3) is 5.18. The predicted molar refractivity (Wildman–Crippen MR) is 70.6 cm³/mol. The van der Waals surface area contributed by atoms with Gasteiger partial charge >= 0.3 is 0 Å². The second kappa shape index (κ2) is 8.52. The van der Waals surface area contributed by atoms with Gasteiger partial charge in [0.1, 0.15) is 6.54 Å². The van der Waals surface area contributed by atoms with Gasteiger partial charge in [0.15, 0.2) is 11.7 Å². The highest BCUT2D eigenvalue weighted by Gasteiger charge is 2.02. The number of aromatic nitrogens is 1. The zero-order valence-electron chi connectivity index (χ0n) is 11.3. The van der Waals surface area contributed by atoms with Gasteiger partial charge in [0.25, 0.3) is 0 Å². The molecule has 1 aromatic heterocycles. The number of guanidine groups is 1. The third-order valence-electron chi connectivity index (χ3n) is 2.31. The summed E-state index contributed by atoms with van der Waals surface area (Å²) in [5.41, 5.74) is 0.956. The fourth-order valence-electron chi connectivity index (χ4n) is 1.37. The Labute approximate surface area is 108 Å². The topological polar surface area (TPSA) is 71.7 Å². The lowest BCUT2D eigenvalue weighted by Crippen LogP contribution is -2.38. The van der Waals surface area contributed by atoms with Crippen molar-refractivity contribution in [2.24, 2.45) is 4.99 Å². The van der Waals surface area contributed by atoms with Crippen molar-refractivity contribution >= 4 is 5.96 Å². The normalized spacial score (nSPS) is 11.6. The summed E-state index contributed by atoms with van der Waals surface area (Å²) in [5.74, 6) is 1.53. The van der Waals surface area contributed by atoms with Crippen molar-refractivity contribution in [2.75, 3.05) is 26.8 Å². The Morgan fingerprint density at radius 3 is 2.89 bits per heavy atom. The molecule has 0 fully saturated rings. The Balaban J connectivity index is 2.47. The summed E-state index contributed by atoms with van der Waals surface area (Å²) < 4.78 is 10.1. The Bertz CT molecular complexity index is 363. The third-order valence-corrected chi connectivity index (χ3v) is 2.31. The van der Waals surface area contributed by atoms with E-state index in [-0.39, 0.29) is 0 Å². The molecule has 0 aliphatic rings. The molecule has 6 nitrogen and oxygen atoms in total. The summed E-state index contributed by atoms with van der Waals surface area (Å²) in [6.07, 6.45) is 0.874. The molecule has 0 aromatic carbocycles. The number of aryl methyl sites for hydroxylation is 1. The molecule has 1 heterocycles. The molecule has 6 heteroatoms. The molecule has 102 valence electrons. The summed E-state index contributed by atoms with van der Waals surface area (Å²) in [6.45, 7) is 6.73. The number of ether oxygens (including phenoxy) is 1. The molecular weight excluding hydrogens is 232 g/mol. The predicted octanol–water partition coefficient (Wildman–Crippen LogP) is 0.938. The molecule has 0 saturated heterocycles. The van der Waals surface area contributed by atoms with Crippen LogP contribution in [0.15, 0.2) is 15.6 Å². The number of nitrogens with zero attached hydrogens (tertiary/aromatic N) is 2. The minimum atomic E-state index is 0.481. The first-order valence-electron chi connectivity index (χ1n) is 6.25. The van der Waals surface area contributed by atoms with Crippen molar-refractivity contribution in [3.05, 3.63) is 17.5 Å². The SMILES string of the molecule is CCNC(=NCc1cc(CC)no1)NCCOC. The first-order valence-corrected chi connectivity index (χ1v) is 6.25. The molecule has 2 N–H and O–H groups in total. The first kappa shape index (κ1) is 14.5. The number of methoxy groups -OCH3 is 1. The number of hydrogen-bond acceptors (Lipinski definition) is 4. The van der Waals surface area contributed by atoms with Crippen molar-refractivity contribution in [1.82, 2.24) is 15.8 Å². The highest BCUT2D eigenvalue weighted by Crippen LogP contribution is 2.05. The Morgan fingerprint density at radius 1 is 1.44 bits per heavy atom. The summed E-state index contributed by atoms with van der Waals surface area (Å²) in [4.78, 5) is 4.41. The molecule has 0 spiro atoms. The number of nitrogens with one attached hydrogen (secondary N) is 2. The summed E-state index contributed by atoms with van der Waals surface area (Å²) in [5, 5.41) is 10.2. The molecule has 1 rings (SSSR count). The number of aliphatic imine (C=N–C) groups is 1. The fourth-order valence-corrected chi connectivity index (χ4v) is 1.37. The van der Waals surface area contributed by atoms with E-state index in [0.717, 1.165) is 36.9 Å². The van der Waals surface area contributed by atoms with Crippen LogP contribution >= 0.6 is 0 Å². The van der Waals surface area contributed by atoms with Gasteiger partial charge in [0.05, 0.1) is 12.3 Å². The lowest BCUT2D eigenvalue weighted by atomic mass is 10.3. The molecule has 0 aliphatic carbocycles. The quantitative estimate of drug-likeness (QED) is 0.430. The highest BCUT2D eigenvalue weighted by molar-refractivity contribution is 5.79. The van der Waals surface area contributed by atoms with Gasteiger partial charge in [-0.3, -0.25) is 0 Å². The van der Waals surface area contributed by atoms with Gasteiger partial charge < -0.3 is 19.9 Å². The molecule has 18 heavy (non-hydrogen) atoms. The molecule has 0 unspecified atom stereocenters. The molecule has 0 bridgehead atoms. The van der Waals surface area contributed by atoms with E-state index in [0.29, 0.717) is 13.2 Å². The Morgan fingerprint density at radius 2 is 2.28 bits per heavy atom. The molecule has 1 aromatic rings. The van der Waals surface area contributed by atoms with Gasteiger partial charge in [0, 0.05) is 26.3 Å². The van der Waals surface area contributed by atoms with Gasteiger partial charge in [-0.2, -0.15) is 0 Å². The van der Waals surface area contributed by atoms with Gasteiger partial charge in [-0.05, 0) is 13.3 Å². The van der Waals surface area contributed by atoms with Crippen LogP contribution in [0.1, 0.15) is 25.3 Å². The van der Waals surface area contributed by atoms with Crippen LogP contribution in [0.4, 0.5) is 0 Å². The van der Waals surface area contributed by atoms with E-state index in [9.17, 15) is 0 Å². The van der Waals surface area contributed by atoms with Crippen molar-refractivity contribution in [3.63, 3.8) is 0 Å². The van der Waals surface area contributed by atoms with E-state index in [1.165, 1.54) is 0 Å². The van der Waals surface area contributed by atoms with Gasteiger partial charge in [-0.15, -0.1) is 0 Å². The number of rotatable bonds is 7. The average molecular weight is 254 g/mol. The largest absolute Gasteiger partial charge is 0.383 e. The van der Waals surface area contributed by atoms with Gasteiger partial charge in [-0.25, -0.2) is 4.99 Å². The van der Waals surface area contributed by atoms with Crippen molar-refractivity contribution in [3.8, 4) is 0 Å². The first-order chi connectivity index (χ1) is 8.80. The van der Waals surface area contributed by atoms with E-state index < -0.39 is 0 Å². The van der Waals surface area contributed by atoms with Crippen LogP contribution in [-0.4, -0.2) is 37.9 Å². The van der Waals surface area contributed by atoms with Crippen LogP contribution in [0.3, 0.4) is 0 Å².